The van der Waals surface area contributed by atoms with Crippen molar-refractivity contribution in [2.75, 3.05) is 27.4 Å². The van der Waals surface area contributed by atoms with E-state index in [0.29, 0.717) is 23.9 Å². The van der Waals surface area contributed by atoms with Crippen LogP contribution in [0.2, 0.25) is 5.02 Å². The van der Waals surface area contributed by atoms with E-state index in [9.17, 15) is 4.79 Å². The van der Waals surface area contributed by atoms with Gasteiger partial charge < -0.3 is 19.7 Å². The van der Waals surface area contributed by atoms with Gasteiger partial charge in [-0.25, -0.2) is 0 Å². The standard InChI is InChI=1S/C14H17ClN2O3S/c1-19-6-5-17-11(8-13(18)16-14(17)21)10-4-3-9(15)7-12(10)20-2/h3-4,7-8,14,21H,5-6H2,1-2H3,(H,16,18). The molecule has 21 heavy (non-hydrogen) atoms. The summed E-state index contributed by atoms with van der Waals surface area (Å²) in [4.78, 5) is 13.7. The fourth-order valence-corrected chi connectivity index (χ4v) is 2.66. The molecule has 0 bridgehead atoms. The maximum Gasteiger partial charge on any atom is 0.248 e. The first-order valence-corrected chi connectivity index (χ1v) is 7.26. The molecule has 1 aromatic carbocycles. The minimum atomic E-state index is -0.423. The van der Waals surface area contributed by atoms with Gasteiger partial charge in [-0.3, -0.25) is 4.79 Å². The molecule has 0 aromatic heterocycles. The Morgan fingerprint density at radius 1 is 1.43 bits per heavy atom. The highest BCUT2D eigenvalue weighted by Gasteiger charge is 2.27. The van der Waals surface area contributed by atoms with Crippen LogP contribution in [0.15, 0.2) is 24.3 Å². The maximum absolute atomic E-state index is 11.8. The molecule has 5 nitrogen and oxygen atoms in total. The Morgan fingerprint density at radius 3 is 2.86 bits per heavy atom. The molecule has 0 spiro atoms. The number of ether oxygens (including phenoxy) is 2. The van der Waals surface area contributed by atoms with Crippen molar-refractivity contribution in [2.24, 2.45) is 0 Å². The highest BCUT2D eigenvalue weighted by molar-refractivity contribution is 7.80. The van der Waals surface area contributed by atoms with E-state index in [1.54, 1.807) is 26.4 Å². The number of nitrogens with zero attached hydrogens (tertiary/aromatic N) is 1. The highest BCUT2D eigenvalue weighted by atomic mass is 35.5. The summed E-state index contributed by atoms with van der Waals surface area (Å²) in [6.07, 6.45) is 1.52. The Balaban J connectivity index is 2.43. The first-order valence-electron chi connectivity index (χ1n) is 6.36. The van der Waals surface area contributed by atoms with Crippen molar-refractivity contribution in [1.82, 2.24) is 10.2 Å². The van der Waals surface area contributed by atoms with Crippen LogP contribution < -0.4 is 10.1 Å². The molecule has 1 amide bonds. The number of thiol groups is 1. The zero-order valence-corrected chi connectivity index (χ0v) is 13.4. The molecule has 1 unspecified atom stereocenters. The Kier molecular flexibility index (Phi) is 5.39. The minimum Gasteiger partial charge on any atom is -0.496 e. The summed E-state index contributed by atoms with van der Waals surface area (Å²) in [7, 11) is 3.19. The van der Waals surface area contributed by atoms with Crippen LogP contribution in [-0.2, 0) is 9.53 Å². The van der Waals surface area contributed by atoms with Crippen molar-refractivity contribution >= 4 is 35.8 Å². The van der Waals surface area contributed by atoms with Gasteiger partial charge in [-0.05, 0) is 18.2 Å². The van der Waals surface area contributed by atoms with E-state index in [2.05, 4.69) is 17.9 Å². The topological polar surface area (TPSA) is 50.8 Å². The molecule has 1 aromatic rings. The van der Waals surface area contributed by atoms with E-state index in [1.165, 1.54) is 6.08 Å². The van der Waals surface area contributed by atoms with Crippen LogP contribution >= 0.6 is 24.2 Å². The van der Waals surface area contributed by atoms with Crippen molar-refractivity contribution in [2.45, 2.75) is 5.50 Å². The number of benzene rings is 1. The number of methoxy groups -OCH3 is 2. The zero-order valence-electron chi connectivity index (χ0n) is 11.8. The van der Waals surface area contributed by atoms with E-state index < -0.39 is 5.50 Å². The number of halogens is 1. The fourth-order valence-electron chi connectivity index (χ4n) is 2.13. The summed E-state index contributed by atoms with van der Waals surface area (Å²) in [6, 6.07) is 5.30. The Labute approximate surface area is 134 Å². The Morgan fingerprint density at radius 2 is 2.19 bits per heavy atom. The first kappa shape index (κ1) is 16.0. The number of carbonyl (C=O) groups excluding carboxylic acids is 1. The third-order valence-electron chi connectivity index (χ3n) is 3.12. The summed E-state index contributed by atoms with van der Waals surface area (Å²) in [5.41, 5.74) is 1.09. The molecular formula is C14H17ClN2O3S. The predicted molar refractivity (Wildman–Crippen MR) is 85.5 cm³/mol. The molecule has 1 atom stereocenters. The molecule has 2 rings (SSSR count). The zero-order chi connectivity index (χ0) is 15.4. The summed E-state index contributed by atoms with van der Waals surface area (Å²) in [6.45, 7) is 1.10. The second kappa shape index (κ2) is 7.06. The summed E-state index contributed by atoms with van der Waals surface area (Å²) in [5, 5.41) is 3.31. The van der Waals surface area contributed by atoms with Crippen molar-refractivity contribution < 1.29 is 14.3 Å². The van der Waals surface area contributed by atoms with Gasteiger partial charge in [-0.15, -0.1) is 12.6 Å². The third kappa shape index (κ3) is 3.64. The van der Waals surface area contributed by atoms with Crippen molar-refractivity contribution in [1.29, 1.82) is 0 Å². The molecule has 1 aliphatic heterocycles. The van der Waals surface area contributed by atoms with Gasteiger partial charge in [-0.2, -0.15) is 0 Å². The molecule has 0 aliphatic carbocycles. The monoisotopic (exact) mass is 328 g/mol. The van der Waals surface area contributed by atoms with Crippen LogP contribution in [0.5, 0.6) is 5.75 Å². The third-order valence-corrected chi connectivity index (χ3v) is 3.76. The SMILES string of the molecule is COCCN1C(c2ccc(Cl)cc2OC)=CC(=O)NC1S. The van der Waals surface area contributed by atoms with Gasteiger partial charge in [0.15, 0.2) is 0 Å². The van der Waals surface area contributed by atoms with E-state index in [0.717, 1.165) is 11.3 Å². The van der Waals surface area contributed by atoms with Crippen LogP contribution in [0.25, 0.3) is 5.70 Å². The molecule has 7 heteroatoms. The lowest BCUT2D eigenvalue weighted by Gasteiger charge is -2.36. The summed E-state index contributed by atoms with van der Waals surface area (Å²) >= 11 is 10.4. The molecule has 1 N–H and O–H groups in total. The van der Waals surface area contributed by atoms with Crippen LogP contribution in [0, 0.1) is 0 Å². The summed E-state index contributed by atoms with van der Waals surface area (Å²) < 4.78 is 10.5. The summed E-state index contributed by atoms with van der Waals surface area (Å²) in [5.74, 6) is 0.405. The van der Waals surface area contributed by atoms with Crippen LogP contribution in [-0.4, -0.2) is 43.7 Å². The Bertz CT molecular complexity index is 565. The maximum atomic E-state index is 11.8. The van der Waals surface area contributed by atoms with E-state index in [1.807, 2.05) is 11.0 Å². The van der Waals surface area contributed by atoms with Crippen LogP contribution in [0.4, 0.5) is 0 Å². The molecule has 1 aliphatic rings. The lowest BCUT2D eigenvalue weighted by Crippen LogP contribution is -2.48. The molecule has 0 radical (unpaired) electrons. The first-order chi connectivity index (χ1) is 10.1. The quantitative estimate of drug-likeness (QED) is 0.812. The normalized spacial score (nSPS) is 18.3. The second-order valence-electron chi connectivity index (χ2n) is 4.44. The van der Waals surface area contributed by atoms with Crippen molar-refractivity contribution in [3.63, 3.8) is 0 Å². The largest absolute Gasteiger partial charge is 0.496 e. The van der Waals surface area contributed by atoms with Crippen LogP contribution in [0.3, 0.4) is 0 Å². The molecule has 0 saturated carbocycles. The van der Waals surface area contributed by atoms with Gasteiger partial charge in [0.2, 0.25) is 5.91 Å². The number of rotatable bonds is 5. The van der Waals surface area contributed by atoms with Crippen molar-refractivity contribution in [3.8, 4) is 5.75 Å². The number of carbonyl (C=O) groups is 1. The van der Waals surface area contributed by atoms with Crippen molar-refractivity contribution in [3.05, 3.63) is 34.9 Å². The number of hydrogen-bond donors (Lipinski definition) is 2. The number of hydrogen-bond acceptors (Lipinski definition) is 5. The fraction of sp³-hybridized carbons (Fsp3) is 0.357. The van der Waals surface area contributed by atoms with Gasteiger partial charge in [0.05, 0.1) is 19.4 Å². The number of nitrogens with one attached hydrogen (secondary N) is 1. The van der Waals surface area contributed by atoms with Gasteiger partial charge >= 0.3 is 0 Å². The lowest BCUT2D eigenvalue weighted by atomic mass is 10.1. The molecular weight excluding hydrogens is 312 g/mol. The predicted octanol–water partition coefficient (Wildman–Crippen LogP) is 1.98. The molecule has 0 saturated heterocycles. The second-order valence-corrected chi connectivity index (χ2v) is 5.37. The lowest BCUT2D eigenvalue weighted by molar-refractivity contribution is -0.117. The highest BCUT2D eigenvalue weighted by Crippen LogP contribution is 2.33. The minimum absolute atomic E-state index is 0.198. The number of amides is 1. The molecule has 114 valence electrons. The van der Waals surface area contributed by atoms with E-state index in [4.69, 9.17) is 21.1 Å². The molecule has 0 fully saturated rings. The smallest absolute Gasteiger partial charge is 0.248 e. The van der Waals surface area contributed by atoms with Gasteiger partial charge in [0, 0.05) is 30.3 Å². The van der Waals surface area contributed by atoms with Crippen LogP contribution in [0.1, 0.15) is 5.56 Å². The van der Waals surface area contributed by atoms with Gasteiger partial charge in [0.25, 0.3) is 0 Å². The average molecular weight is 329 g/mol. The van der Waals surface area contributed by atoms with Gasteiger partial charge in [-0.1, -0.05) is 11.6 Å². The van der Waals surface area contributed by atoms with E-state index in [-0.39, 0.29) is 5.91 Å². The molecule has 1 heterocycles. The van der Waals surface area contributed by atoms with Gasteiger partial charge in [0.1, 0.15) is 11.2 Å². The Hall–Kier alpha value is -1.37. The average Bonchev–Trinajstić information content (AvgIpc) is 2.45. The van der Waals surface area contributed by atoms with E-state index >= 15 is 0 Å².